The standard InChI is InChI=1S/C47H47F9OP2/c1-26-16-33(45(48,49)50)23-35(18-26)58(36-19-27(2)17-34(24-36)46(51,52)53)32(7)39-13-11-14-40(39)41-12-9-10-15-43(41)59(37-20-28(3)31(6)29(4)21-37)38-22-30(5)44(57-8)42(25-38)47(54,55)56/h9-10,12,15-25,32,39-40H,11,13-14H2,1-8H3/t32-,39?,40?,59?/m1/s1. The van der Waals surface area contributed by atoms with Gasteiger partial charge in [-0.05, 0) is 190 Å². The van der Waals surface area contributed by atoms with Gasteiger partial charge in [0.25, 0.3) is 0 Å². The third-order valence-electron chi connectivity index (χ3n) is 11.7. The second-order valence-electron chi connectivity index (χ2n) is 15.9. The number of rotatable bonds is 9. The number of hydrogen-bond donors (Lipinski definition) is 0. The van der Waals surface area contributed by atoms with Crippen LogP contribution in [0.2, 0.25) is 0 Å². The smallest absolute Gasteiger partial charge is 0.419 e. The molecular formula is C47H47F9OP2. The largest absolute Gasteiger partial charge is 0.496 e. The number of halogens is 9. The lowest BCUT2D eigenvalue weighted by atomic mass is 9.87. The number of hydrogen-bond acceptors (Lipinski definition) is 1. The lowest BCUT2D eigenvalue weighted by molar-refractivity contribution is -0.139. The minimum atomic E-state index is -4.70. The Morgan fingerprint density at radius 2 is 1.10 bits per heavy atom. The lowest BCUT2D eigenvalue weighted by Gasteiger charge is -2.36. The zero-order valence-corrected chi connectivity index (χ0v) is 35.9. The molecule has 0 spiro atoms. The number of alkyl halides is 9. The first-order valence-corrected chi connectivity index (χ1v) is 22.1. The third-order valence-corrected chi connectivity index (χ3v) is 17.0. The molecule has 3 unspecified atom stereocenters. The SMILES string of the molecule is COc1c(C)cc(P(c2cc(C)c(C)c(C)c2)c2ccccc2C2CCCC2[C@@H](C)P(c2cc(C)cc(C(F)(F)F)c2)c2cc(C)cc(C(F)(F)F)c2)cc1C(F)(F)F. The zero-order valence-electron chi connectivity index (χ0n) is 34.1. The maximum Gasteiger partial charge on any atom is 0.419 e. The van der Waals surface area contributed by atoms with Crippen molar-refractivity contribution in [3.8, 4) is 5.75 Å². The maximum atomic E-state index is 14.7. The molecule has 1 aliphatic carbocycles. The van der Waals surface area contributed by atoms with Crippen LogP contribution < -0.4 is 31.3 Å². The molecule has 12 heteroatoms. The second kappa shape index (κ2) is 16.9. The fraction of sp³-hybridized carbons (Fsp3) is 0.362. The van der Waals surface area contributed by atoms with Crippen molar-refractivity contribution < 1.29 is 44.3 Å². The van der Waals surface area contributed by atoms with Crippen molar-refractivity contribution in [3.05, 3.63) is 141 Å². The minimum absolute atomic E-state index is 0.173. The van der Waals surface area contributed by atoms with Gasteiger partial charge in [0.1, 0.15) is 5.75 Å². The first-order chi connectivity index (χ1) is 27.5. The molecular weight excluding hydrogens is 813 g/mol. The summed E-state index contributed by atoms with van der Waals surface area (Å²) >= 11 is 0. The van der Waals surface area contributed by atoms with E-state index in [1.165, 1.54) is 13.2 Å². The quantitative estimate of drug-likeness (QED) is 0.106. The molecule has 0 aliphatic heterocycles. The summed E-state index contributed by atoms with van der Waals surface area (Å²) in [4.78, 5) is 0. The zero-order chi connectivity index (χ0) is 43.4. The Morgan fingerprint density at radius 1 is 0.593 bits per heavy atom. The van der Waals surface area contributed by atoms with Crippen LogP contribution in [-0.4, -0.2) is 12.8 Å². The average molecular weight is 861 g/mol. The van der Waals surface area contributed by atoms with E-state index in [0.717, 1.165) is 63.5 Å². The van der Waals surface area contributed by atoms with Gasteiger partial charge in [0.2, 0.25) is 0 Å². The van der Waals surface area contributed by atoms with Gasteiger partial charge >= 0.3 is 18.5 Å². The van der Waals surface area contributed by atoms with E-state index >= 15 is 0 Å². The highest BCUT2D eigenvalue weighted by Crippen LogP contribution is 2.54. The molecule has 1 nitrogen and oxygen atoms in total. The Hall–Kier alpha value is -3.87. The second-order valence-corrected chi connectivity index (χ2v) is 20.6. The molecule has 1 aliphatic rings. The number of aryl methyl sites for hydroxylation is 5. The summed E-state index contributed by atoms with van der Waals surface area (Å²) in [6.45, 7) is 12.6. The number of ether oxygens (including phenoxy) is 1. The highest BCUT2D eigenvalue weighted by Gasteiger charge is 2.42. The fourth-order valence-corrected chi connectivity index (χ4v) is 14.9. The van der Waals surface area contributed by atoms with Crippen LogP contribution in [0.5, 0.6) is 5.75 Å². The fourth-order valence-electron chi connectivity index (χ4n) is 8.83. The Balaban J connectivity index is 1.56. The van der Waals surface area contributed by atoms with E-state index in [4.69, 9.17) is 4.74 Å². The van der Waals surface area contributed by atoms with Gasteiger partial charge in [-0.15, -0.1) is 0 Å². The summed E-state index contributed by atoms with van der Waals surface area (Å²) in [5.41, 5.74) is 2.09. The van der Waals surface area contributed by atoms with E-state index in [2.05, 4.69) is 0 Å². The molecule has 4 atom stereocenters. The van der Waals surface area contributed by atoms with E-state index in [1.54, 1.807) is 39.0 Å². The molecule has 0 amide bonds. The monoisotopic (exact) mass is 860 g/mol. The lowest BCUT2D eigenvalue weighted by Crippen LogP contribution is -2.31. The van der Waals surface area contributed by atoms with Crippen LogP contribution in [-0.2, 0) is 18.5 Å². The molecule has 59 heavy (non-hydrogen) atoms. The first kappa shape index (κ1) is 44.7. The maximum absolute atomic E-state index is 14.7. The van der Waals surface area contributed by atoms with Crippen molar-refractivity contribution in [1.29, 1.82) is 0 Å². The Labute approximate surface area is 342 Å². The van der Waals surface area contributed by atoms with Gasteiger partial charge in [0.05, 0.1) is 23.8 Å². The van der Waals surface area contributed by atoms with Crippen LogP contribution in [0.4, 0.5) is 39.5 Å². The van der Waals surface area contributed by atoms with Crippen molar-refractivity contribution in [2.75, 3.05) is 7.11 Å². The van der Waals surface area contributed by atoms with Crippen molar-refractivity contribution in [2.24, 2.45) is 5.92 Å². The molecule has 0 aromatic heterocycles. The summed E-state index contributed by atoms with van der Waals surface area (Å²) in [6.07, 6.45) is -11.9. The molecule has 0 bridgehead atoms. The van der Waals surface area contributed by atoms with Gasteiger partial charge in [0.15, 0.2) is 0 Å². The molecule has 5 aromatic carbocycles. The molecule has 0 saturated heterocycles. The molecule has 0 heterocycles. The van der Waals surface area contributed by atoms with Gasteiger partial charge in [0, 0.05) is 0 Å². The van der Waals surface area contributed by atoms with Crippen LogP contribution in [0.1, 0.15) is 87.7 Å². The molecule has 1 fully saturated rings. The summed E-state index contributed by atoms with van der Waals surface area (Å²) < 4.78 is 135. The summed E-state index contributed by atoms with van der Waals surface area (Å²) in [5, 5.41) is 2.91. The van der Waals surface area contributed by atoms with E-state index < -0.39 is 51.1 Å². The molecule has 5 aromatic rings. The molecule has 6 rings (SSSR count). The number of methoxy groups -OCH3 is 1. The van der Waals surface area contributed by atoms with Crippen LogP contribution in [0.3, 0.4) is 0 Å². The van der Waals surface area contributed by atoms with Crippen molar-refractivity contribution in [3.63, 3.8) is 0 Å². The van der Waals surface area contributed by atoms with Gasteiger partial charge in [-0.1, -0.05) is 61.9 Å². The van der Waals surface area contributed by atoms with Crippen LogP contribution in [0.15, 0.2) is 84.9 Å². The van der Waals surface area contributed by atoms with E-state index in [0.29, 0.717) is 45.4 Å². The molecule has 0 N–H and O–H groups in total. The topological polar surface area (TPSA) is 9.23 Å². The first-order valence-electron chi connectivity index (χ1n) is 19.4. The summed E-state index contributed by atoms with van der Waals surface area (Å²) in [5.74, 6) is -0.592. The van der Waals surface area contributed by atoms with E-state index in [1.807, 2.05) is 64.1 Å². The van der Waals surface area contributed by atoms with Gasteiger partial charge in [-0.3, -0.25) is 0 Å². The summed E-state index contributed by atoms with van der Waals surface area (Å²) in [6, 6.07) is 22.4. The van der Waals surface area contributed by atoms with Crippen LogP contribution >= 0.6 is 15.8 Å². The van der Waals surface area contributed by atoms with Gasteiger partial charge < -0.3 is 4.74 Å². The van der Waals surface area contributed by atoms with Crippen LogP contribution in [0, 0.1) is 47.5 Å². The third kappa shape index (κ3) is 9.39. The Morgan fingerprint density at radius 3 is 1.61 bits per heavy atom. The van der Waals surface area contributed by atoms with Crippen molar-refractivity contribution >= 4 is 42.4 Å². The molecule has 1 saturated carbocycles. The van der Waals surface area contributed by atoms with E-state index in [9.17, 15) is 39.5 Å². The normalized spacial score (nSPS) is 17.4. The predicted molar refractivity (Wildman–Crippen MR) is 224 cm³/mol. The highest BCUT2D eigenvalue weighted by molar-refractivity contribution is 7.80. The minimum Gasteiger partial charge on any atom is -0.496 e. The predicted octanol–water partition coefficient (Wildman–Crippen LogP) is 12.8. The Bertz CT molecular complexity index is 2260. The Kier molecular flexibility index (Phi) is 12.8. The average Bonchev–Trinajstić information content (AvgIpc) is 3.63. The van der Waals surface area contributed by atoms with Gasteiger partial charge in [-0.2, -0.15) is 39.5 Å². The molecule has 0 radical (unpaired) electrons. The summed E-state index contributed by atoms with van der Waals surface area (Å²) in [7, 11) is -2.17. The van der Waals surface area contributed by atoms with Crippen LogP contribution in [0.25, 0.3) is 0 Å². The van der Waals surface area contributed by atoms with Crippen molar-refractivity contribution in [1.82, 2.24) is 0 Å². The van der Waals surface area contributed by atoms with Gasteiger partial charge in [-0.25, -0.2) is 0 Å². The van der Waals surface area contributed by atoms with Crippen molar-refractivity contribution in [2.45, 2.75) is 97.8 Å². The highest BCUT2D eigenvalue weighted by atomic mass is 31.1. The molecule has 314 valence electrons. The van der Waals surface area contributed by atoms with E-state index in [-0.39, 0.29) is 23.2 Å². The number of benzene rings is 5.